The summed E-state index contributed by atoms with van der Waals surface area (Å²) in [5, 5.41) is 3.40. The van der Waals surface area contributed by atoms with Crippen molar-refractivity contribution in [1.29, 1.82) is 0 Å². The highest BCUT2D eigenvalue weighted by Crippen LogP contribution is 2.30. The molecule has 0 aliphatic carbocycles. The van der Waals surface area contributed by atoms with Crippen LogP contribution in [0.2, 0.25) is 0 Å². The van der Waals surface area contributed by atoms with Crippen LogP contribution >= 0.6 is 0 Å². The first-order chi connectivity index (χ1) is 17.3. The molecule has 0 bridgehead atoms. The Morgan fingerprint density at radius 2 is 1.72 bits per heavy atom. The van der Waals surface area contributed by atoms with Gasteiger partial charge < -0.3 is 19.5 Å². The summed E-state index contributed by atoms with van der Waals surface area (Å²) in [5.41, 5.74) is 0.914. The minimum atomic E-state index is -3.60. The monoisotopic (exact) mass is 522 g/mol. The van der Waals surface area contributed by atoms with Crippen LogP contribution in [0.15, 0.2) is 41.3 Å². The predicted molar refractivity (Wildman–Crippen MR) is 139 cm³/mol. The van der Waals surface area contributed by atoms with Crippen LogP contribution in [0.5, 0.6) is 17.2 Å². The van der Waals surface area contributed by atoms with Gasteiger partial charge in [-0.3, -0.25) is 0 Å². The Hall–Kier alpha value is -2.36. The second-order valence-corrected chi connectivity index (χ2v) is 11.1. The Labute approximate surface area is 215 Å². The highest BCUT2D eigenvalue weighted by Gasteiger charge is 2.29. The molecule has 1 saturated heterocycles. The van der Waals surface area contributed by atoms with Crippen molar-refractivity contribution in [2.45, 2.75) is 63.3 Å². The molecular weight excluding hydrogens is 483 g/mol. The fraction of sp³-hybridized carbons (Fsp3) is 0.556. The first-order valence-corrected chi connectivity index (χ1v) is 14.2. The van der Waals surface area contributed by atoms with Gasteiger partial charge in [0.2, 0.25) is 10.0 Å². The van der Waals surface area contributed by atoms with Crippen molar-refractivity contribution in [3.8, 4) is 17.2 Å². The molecule has 1 fully saturated rings. The Kier molecular flexibility index (Phi) is 10.8. The third kappa shape index (κ3) is 7.82. The Morgan fingerprint density at radius 1 is 1.00 bits per heavy atom. The van der Waals surface area contributed by atoms with E-state index in [2.05, 4.69) is 12.2 Å². The predicted octanol–water partition coefficient (Wildman–Crippen LogP) is 4.79. The molecule has 0 saturated carbocycles. The summed E-state index contributed by atoms with van der Waals surface area (Å²) in [6, 6.07) is 9.74. The number of piperidine rings is 1. The maximum Gasteiger partial charge on any atom is 0.246 e. The zero-order valence-electron chi connectivity index (χ0n) is 21.6. The third-order valence-corrected chi connectivity index (χ3v) is 8.14. The number of unbranched alkanes of at least 4 members (excludes halogenated alkanes) is 1. The van der Waals surface area contributed by atoms with Gasteiger partial charge in [-0.25, -0.2) is 12.8 Å². The van der Waals surface area contributed by atoms with E-state index in [1.54, 1.807) is 22.5 Å². The van der Waals surface area contributed by atoms with Gasteiger partial charge in [-0.2, -0.15) is 4.31 Å². The molecule has 1 aliphatic rings. The molecule has 2 aromatic rings. The van der Waals surface area contributed by atoms with Gasteiger partial charge in [0.15, 0.2) is 11.5 Å². The van der Waals surface area contributed by atoms with Crippen molar-refractivity contribution in [3.05, 3.63) is 47.8 Å². The number of benzene rings is 2. The molecule has 1 unspecified atom stereocenters. The number of methoxy groups -OCH3 is 1. The molecule has 0 aromatic heterocycles. The van der Waals surface area contributed by atoms with Gasteiger partial charge in [0, 0.05) is 31.7 Å². The summed E-state index contributed by atoms with van der Waals surface area (Å²) in [6.07, 6.45) is 5.36. The first-order valence-electron chi connectivity index (χ1n) is 12.8. The summed E-state index contributed by atoms with van der Waals surface area (Å²) in [7, 11) is -2.11. The zero-order valence-corrected chi connectivity index (χ0v) is 22.4. The van der Waals surface area contributed by atoms with Crippen molar-refractivity contribution in [3.63, 3.8) is 0 Å². The van der Waals surface area contributed by atoms with E-state index in [0.717, 1.165) is 37.7 Å². The van der Waals surface area contributed by atoms with Crippen molar-refractivity contribution in [2.24, 2.45) is 0 Å². The molecule has 1 aliphatic heterocycles. The average Bonchev–Trinajstić information content (AvgIpc) is 2.88. The summed E-state index contributed by atoms with van der Waals surface area (Å²) < 4.78 is 58.6. The lowest BCUT2D eigenvalue weighted by atomic mass is 10.1. The van der Waals surface area contributed by atoms with Crippen molar-refractivity contribution in [2.75, 3.05) is 40.0 Å². The Bertz CT molecular complexity index is 1070. The van der Waals surface area contributed by atoms with E-state index in [9.17, 15) is 12.8 Å². The second-order valence-electron chi connectivity index (χ2n) is 9.15. The van der Waals surface area contributed by atoms with E-state index in [4.69, 9.17) is 14.2 Å². The highest BCUT2D eigenvalue weighted by atomic mass is 32.2. The van der Waals surface area contributed by atoms with E-state index in [-0.39, 0.29) is 16.8 Å². The summed E-state index contributed by atoms with van der Waals surface area (Å²) in [4.78, 5) is 0.229. The van der Waals surface area contributed by atoms with E-state index < -0.39 is 10.0 Å². The SMILES string of the molecule is CCCCOc1cc(F)ccc1OCCNC(C)Cc1ccc(OC)c(S(=O)(=O)N2CCCCC2)c1. The van der Waals surface area contributed by atoms with Gasteiger partial charge >= 0.3 is 0 Å². The van der Waals surface area contributed by atoms with E-state index in [0.29, 0.717) is 56.5 Å². The lowest BCUT2D eigenvalue weighted by Gasteiger charge is -2.27. The molecule has 1 atom stereocenters. The maximum atomic E-state index is 13.6. The summed E-state index contributed by atoms with van der Waals surface area (Å²) in [5.74, 6) is 0.943. The molecule has 9 heteroatoms. The minimum Gasteiger partial charge on any atom is -0.495 e. The molecule has 1 heterocycles. The van der Waals surface area contributed by atoms with Crippen molar-refractivity contribution in [1.82, 2.24) is 9.62 Å². The van der Waals surface area contributed by atoms with Crippen molar-refractivity contribution < 1.29 is 27.0 Å². The van der Waals surface area contributed by atoms with Crippen LogP contribution < -0.4 is 19.5 Å². The van der Waals surface area contributed by atoms with Crippen LogP contribution in [-0.4, -0.2) is 58.7 Å². The molecule has 200 valence electrons. The van der Waals surface area contributed by atoms with Gasteiger partial charge in [-0.05, 0) is 62.4 Å². The third-order valence-electron chi connectivity index (χ3n) is 6.22. The largest absolute Gasteiger partial charge is 0.495 e. The molecular formula is C27H39FN2O5S. The average molecular weight is 523 g/mol. The number of nitrogens with zero attached hydrogens (tertiary/aromatic N) is 1. The lowest BCUT2D eigenvalue weighted by molar-refractivity contribution is 0.260. The van der Waals surface area contributed by atoms with Crippen LogP contribution in [-0.2, 0) is 16.4 Å². The van der Waals surface area contributed by atoms with Crippen LogP contribution in [0, 0.1) is 5.82 Å². The molecule has 1 N–H and O–H groups in total. The number of hydrogen-bond acceptors (Lipinski definition) is 6. The number of sulfonamides is 1. The molecule has 2 aromatic carbocycles. The molecule has 0 radical (unpaired) electrons. The fourth-order valence-electron chi connectivity index (χ4n) is 4.23. The Morgan fingerprint density at radius 3 is 2.44 bits per heavy atom. The lowest BCUT2D eigenvalue weighted by Crippen LogP contribution is -2.36. The van der Waals surface area contributed by atoms with Crippen LogP contribution in [0.3, 0.4) is 0 Å². The summed E-state index contributed by atoms with van der Waals surface area (Å²) in [6.45, 7) is 6.68. The van der Waals surface area contributed by atoms with Gasteiger partial charge in [-0.15, -0.1) is 0 Å². The maximum absolute atomic E-state index is 13.6. The Balaban J connectivity index is 1.55. The standard InChI is InChI=1S/C27H39FN2O5S/c1-4-5-16-34-26-20-23(28)10-12-24(26)35-17-13-29-21(2)18-22-9-11-25(33-3)27(19-22)36(31,32)30-14-7-6-8-15-30/h9-12,19-21,29H,4-8,13-18H2,1-3H3. The van der Waals surface area contributed by atoms with E-state index >= 15 is 0 Å². The van der Waals surface area contributed by atoms with Crippen LogP contribution in [0.1, 0.15) is 51.5 Å². The van der Waals surface area contributed by atoms with Gasteiger partial charge in [-0.1, -0.05) is 25.8 Å². The molecule has 0 amide bonds. The highest BCUT2D eigenvalue weighted by molar-refractivity contribution is 7.89. The number of ether oxygens (including phenoxy) is 3. The van der Waals surface area contributed by atoms with Crippen LogP contribution in [0.25, 0.3) is 0 Å². The molecule has 7 nitrogen and oxygen atoms in total. The smallest absolute Gasteiger partial charge is 0.246 e. The fourth-order valence-corrected chi connectivity index (χ4v) is 5.95. The van der Waals surface area contributed by atoms with E-state index in [1.165, 1.54) is 19.2 Å². The minimum absolute atomic E-state index is 0.0843. The number of rotatable bonds is 14. The van der Waals surface area contributed by atoms with Crippen LogP contribution in [0.4, 0.5) is 4.39 Å². The van der Waals surface area contributed by atoms with Gasteiger partial charge in [0.25, 0.3) is 0 Å². The number of halogens is 1. The molecule has 3 rings (SSSR count). The van der Waals surface area contributed by atoms with Gasteiger partial charge in [0.05, 0.1) is 13.7 Å². The summed E-state index contributed by atoms with van der Waals surface area (Å²) >= 11 is 0. The second kappa shape index (κ2) is 13.8. The quantitative estimate of drug-likeness (QED) is 0.360. The normalized spacial score (nSPS) is 15.4. The molecule has 0 spiro atoms. The molecule has 36 heavy (non-hydrogen) atoms. The zero-order chi connectivity index (χ0) is 26.0. The van der Waals surface area contributed by atoms with Crippen molar-refractivity contribution >= 4 is 10.0 Å². The van der Waals surface area contributed by atoms with Gasteiger partial charge in [0.1, 0.15) is 23.1 Å². The topological polar surface area (TPSA) is 77.1 Å². The first kappa shape index (κ1) is 28.2. The number of hydrogen-bond donors (Lipinski definition) is 1. The van der Waals surface area contributed by atoms with E-state index in [1.807, 2.05) is 13.0 Å². The number of nitrogens with one attached hydrogen (secondary N) is 1.